The maximum atomic E-state index is 12.1. The summed E-state index contributed by atoms with van der Waals surface area (Å²) in [5.74, 6) is 0.447. The van der Waals surface area contributed by atoms with Crippen LogP contribution in [-0.2, 0) is 11.2 Å². The predicted octanol–water partition coefficient (Wildman–Crippen LogP) is 2.20. The van der Waals surface area contributed by atoms with Crippen molar-refractivity contribution in [1.29, 1.82) is 0 Å². The van der Waals surface area contributed by atoms with Crippen molar-refractivity contribution < 1.29 is 9.90 Å². The van der Waals surface area contributed by atoms with Gasteiger partial charge in [-0.25, -0.2) is 0 Å². The molecule has 124 valence electrons. The predicted molar refractivity (Wildman–Crippen MR) is 90.7 cm³/mol. The van der Waals surface area contributed by atoms with E-state index >= 15 is 0 Å². The minimum absolute atomic E-state index is 0.00319. The van der Waals surface area contributed by atoms with Crippen molar-refractivity contribution in [2.45, 2.75) is 52.1 Å². The summed E-state index contributed by atoms with van der Waals surface area (Å²) in [4.78, 5) is 12.1. The largest absolute Gasteiger partial charge is 0.393 e. The van der Waals surface area contributed by atoms with E-state index in [9.17, 15) is 9.90 Å². The van der Waals surface area contributed by atoms with Gasteiger partial charge in [0.15, 0.2) is 0 Å². The van der Waals surface area contributed by atoms with Crippen LogP contribution in [0.3, 0.4) is 0 Å². The van der Waals surface area contributed by atoms with Crippen LogP contribution in [0.5, 0.6) is 0 Å². The van der Waals surface area contributed by atoms with Gasteiger partial charge in [0, 0.05) is 6.54 Å². The number of carbonyl (C=O) groups excluding carboxylic acids is 1. The second kappa shape index (κ2) is 9.59. The second-order valence-electron chi connectivity index (χ2n) is 6.37. The van der Waals surface area contributed by atoms with Crippen LogP contribution in [0, 0.1) is 5.92 Å². The van der Waals surface area contributed by atoms with Crippen LogP contribution in [0.25, 0.3) is 0 Å². The zero-order valence-electron chi connectivity index (χ0n) is 14.0. The van der Waals surface area contributed by atoms with Gasteiger partial charge in [0.25, 0.3) is 0 Å². The zero-order valence-corrected chi connectivity index (χ0v) is 14.0. The first kappa shape index (κ1) is 18.7. The molecule has 1 aromatic carbocycles. The van der Waals surface area contributed by atoms with Crippen molar-refractivity contribution in [3.63, 3.8) is 0 Å². The van der Waals surface area contributed by atoms with E-state index in [1.807, 2.05) is 19.1 Å². The van der Waals surface area contributed by atoms with Gasteiger partial charge >= 0.3 is 0 Å². The van der Waals surface area contributed by atoms with E-state index < -0.39 is 6.10 Å². The number of hydrogen-bond donors (Lipinski definition) is 3. The standard InChI is InChI=1S/C18H30N2O2/c1-13(2)12-15-4-6-16(7-5-15)14(3)18(22)20-11-9-17(21)8-10-19/h4-7,13-14,17,21H,8-12,19H2,1-3H3,(H,20,22). The van der Waals surface area contributed by atoms with Crippen LogP contribution < -0.4 is 11.1 Å². The molecule has 0 aliphatic carbocycles. The van der Waals surface area contributed by atoms with Crippen molar-refractivity contribution in [2.24, 2.45) is 11.7 Å². The molecule has 0 saturated carbocycles. The van der Waals surface area contributed by atoms with E-state index in [1.165, 1.54) is 5.56 Å². The average Bonchev–Trinajstić information content (AvgIpc) is 2.47. The number of benzene rings is 1. The highest BCUT2D eigenvalue weighted by Crippen LogP contribution is 2.17. The number of nitrogens with two attached hydrogens (primary N) is 1. The Morgan fingerprint density at radius 3 is 2.36 bits per heavy atom. The SMILES string of the molecule is CC(C)Cc1ccc(C(C)C(=O)NCCC(O)CCN)cc1. The van der Waals surface area contributed by atoms with Gasteiger partial charge in [0.05, 0.1) is 12.0 Å². The van der Waals surface area contributed by atoms with E-state index in [1.54, 1.807) is 0 Å². The molecule has 1 rings (SSSR count). The number of carbonyl (C=O) groups is 1. The molecule has 1 aromatic rings. The van der Waals surface area contributed by atoms with E-state index in [0.29, 0.717) is 31.8 Å². The zero-order chi connectivity index (χ0) is 16.5. The third kappa shape index (κ3) is 6.58. The van der Waals surface area contributed by atoms with Gasteiger partial charge in [0.1, 0.15) is 0 Å². The van der Waals surface area contributed by atoms with Crippen LogP contribution in [0.15, 0.2) is 24.3 Å². The Morgan fingerprint density at radius 2 is 1.82 bits per heavy atom. The molecule has 2 unspecified atom stereocenters. The van der Waals surface area contributed by atoms with Gasteiger partial charge in [-0.05, 0) is 49.8 Å². The number of amides is 1. The number of nitrogens with one attached hydrogen (secondary N) is 1. The number of aliphatic hydroxyl groups excluding tert-OH is 1. The summed E-state index contributed by atoms with van der Waals surface area (Å²) in [6, 6.07) is 8.27. The molecule has 4 nitrogen and oxygen atoms in total. The minimum atomic E-state index is -0.434. The van der Waals surface area contributed by atoms with Crippen LogP contribution >= 0.6 is 0 Å². The summed E-state index contributed by atoms with van der Waals surface area (Å²) in [6.45, 7) is 7.25. The summed E-state index contributed by atoms with van der Waals surface area (Å²) in [5, 5.41) is 12.5. The maximum Gasteiger partial charge on any atom is 0.227 e. The Morgan fingerprint density at radius 1 is 1.18 bits per heavy atom. The molecule has 22 heavy (non-hydrogen) atoms. The van der Waals surface area contributed by atoms with Gasteiger partial charge in [0.2, 0.25) is 5.91 Å². The second-order valence-corrected chi connectivity index (χ2v) is 6.37. The van der Waals surface area contributed by atoms with Crippen molar-refractivity contribution in [2.75, 3.05) is 13.1 Å². The molecule has 2 atom stereocenters. The Labute approximate surface area is 134 Å². The monoisotopic (exact) mass is 306 g/mol. The number of rotatable bonds is 9. The molecule has 0 saturated heterocycles. The summed E-state index contributed by atoms with van der Waals surface area (Å²) >= 11 is 0. The van der Waals surface area contributed by atoms with Crippen molar-refractivity contribution in [3.05, 3.63) is 35.4 Å². The molecular formula is C18H30N2O2. The molecule has 0 fully saturated rings. The fraction of sp³-hybridized carbons (Fsp3) is 0.611. The van der Waals surface area contributed by atoms with E-state index in [2.05, 4.69) is 31.3 Å². The van der Waals surface area contributed by atoms with Gasteiger partial charge in [-0.1, -0.05) is 38.1 Å². The van der Waals surface area contributed by atoms with Crippen molar-refractivity contribution in [3.8, 4) is 0 Å². The third-order valence-electron chi connectivity index (χ3n) is 3.79. The maximum absolute atomic E-state index is 12.1. The van der Waals surface area contributed by atoms with E-state index in [4.69, 9.17) is 5.73 Å². The number of aliphatic hydroxyl groups is 1. The molecule has 0 bridgehead atoms. The van der Waals surface area contributed by atoms with Crippen molar-refractivity contribution >= 4 is 5.91 Å². The van der Waals surface area contributed by atoms with Gasteiger partial charge in [-0.2, -0.15) is 0 Å². The Kier molecular flexibility index (Phi) is 8.13. The van der Waals surface area contributed by atoms with Gasteiger partial charge in [-0.15, -0.1) is 0 Å². The van der Waals surface area contributed by atoms with Gasteiger partial charge in [-0.3, -0.25) is 4.79 Å². The van der Waals surface area contributed by atoms with Crippen molar-refractivity contribution in [1.82, 2.24) is 5.32 Å². The molecule has 4 N–H and O–H groups in total. The highest BCUT2D eigenvalue weighted by molar-refractivity contribution is 5.83. The van der Waals surface area contributed by atoms with Crippen LogP contribution in [-0.4, -0.2) is 30.2 Å². The average molecular weight is 306 g/mol. The lowest BCUT2D eigenvalue weighted by Gasteiger charge is -2.15. The molecule has 0 radical (unpaired) electrons. The summed E-state index contributed by atoms with van der Waals surface area (Å²) in [6.07, 6.45) is 1.74. The molecule has 0 spiro atoms. The fourth-order valence-corrected chi connectivity index (χ4v) is 2.42. The lowest BCUT2D eigenvalue weighted by atomic mass is 9.96. The van der Waals surface area contributed by atoms with E-state index in [0.717, 1.165) is 12.0 Å². The molecule has 4 heteroatoms. The smallest absolute Gasteiger partial charge is 0.227 e. The summed E-state index contributed by atoms with van der Waals surface area (Å²) in [5.41, 5.74) is 7.70. The number of hydrogen-bond acceptors (Lipinski definition) is 3. The molecular weight excluding hydrogens is 276 g/mol. The highest BCUT2D eigenvalue weighted by atomic mass is 16.3. The summed E-state index contributed by atoms with van der Waals surface area (Å²) < 4.78 is 0. The first-order chi connectivity index (χ1) is 10.4. The Bertz CT molecular complexity index is 443. The Balaban J connectivity index is 2.45. The van der Waals surface area contributed by atoms with Crippen LogP contribution in [0.4, 0.5) is 0 Å². The van der Waals surface area contributed by atoms with Crippen LogP contribution in [0.2, 0.25) is 0 Å². The molecule has 0 aromatic heterocycles. The normalized spacial score (nSPS) is 13.9. The lowest BCUT2D eigenvalue weighted by Crippen LogP contribution is -2.31. The Hall–Kier alpha value is -1.39. The molecule has 0 aliphatic rings. The minimum Gasteiger partial charge on any atom is -0.393 e. The molecule has 0 heterocycles. The summed E-state index contributed by atoms with van der Waals surface area (Å²) in [7, 11) is 0. The third-order valence-corrected chi connectivity index (χ3v) is 3.79. The van der Waals surface area contributed by atoms with Crippen LogP contribution in [0.1, 0.15) is 50.7 Å². The first-order valence-corrected chi connectivity index (χ1v) is 8.18. The highest BCUT2D eigenvalue weighted by Gasteiger charge is 2.15. The first-order valence-electron chi connectivity index (χ1n) is 8.18. The molecule has 0 aliphatic heterocycles. The topological polar surface area (TPSA) is 75.3 Å². The fourth-order valence-electron chi connectivity index (χ4n) is 2.42. The lowest BCUT2D eigenvalue weighted by molar-refractivity contribution is -0.122. The van der Waals surface area contributed by atoms with E-state index in [-0.39, 0.29) is 11.8 Å². The molecule has 1 amide bonds. The quantitative estimate of drug-likeness (QED) is 0.655. The van der Waals surface area contributed by atoms with Gasteiger partial charge < -0.3 is 16.2 Å².